The molecule has 0 aliphatic carbocycles. The van der Waals surface area contributed by atoms with E-state index in [2.05, 4.69) is 95.0 Å². The fraction of sp³-hybridized carbons (Fsp3) is 0.136. The second kappa shape index (κ2) is 5.63. The maximum absolute atomic E-state index is 4.71. The zero-order valence-electron chi connectivity index (χ0n) is 14.9. The van der Waals surface area contributed by atoms with Gasteiger partial charge in [-0.05, 0) is 66.8 Å². The van der Waals surface area contributed by atoms with Crippen molar-refractivity contribution in [3.05, 3.63) is 87.7 Å². The molecule has 8 bridgehead atoms. The molecule has 3 aromatic rings. The van der Waals surface area contributed by atoms with Gasteiger partial charge in [-0.25, -0.2) is 4.99 Å². The fourth-order valence-electron chi connectivity index (χ4n) is 3.60. The van der Waals surface area contributed by atoms with Gasteiger partial charge in [0.25, 0.3) is 0 Å². The predicted octanol–water partition coefficient (Wildman–Crippen LogP) is 2.26. The van der Waals surface area contributed by atoms with Crippen molar-refractivity contribution in [2.45, 2.75) is 6.42 Å². The number of rotatable bonds is 0. The summed E-state index contributed by atoms with van der Waals surface area (Å²) in [6.45, 7) is 0. The molecule has 1 N–H and O–H groups in total. The molecule has 0 atom stereocenters. The molecule has 0 unspecified atom stereocenters. The number of aromatic amines is 1. The van der Waals surface area contributed by atoms with Crippen LogP contribution in [0, 0.1) is 0 Å². The summed E-state index contributed by atoms with van der Waals surface area (Å²) in [5.41, 5.74) is 6.89. The first kappa shape index (κ1) is 15.0. The Morgan fingerprint density at radius 2 is 1.42 bits per heavy atom. The van der Waals surface area contributed by atoms with Crippen molar-refractivity contribution < 1.29 is 0 Å². The van der Waals surface area contributed by atoms with Crippen molar-refractivity contribution in [3.63, 3.8) is 0 Å². The number of aliphatic imine (C=N–C) groups is 1. The van der Waals surface area contributed by atoms with Gasteiger partial charge in [-0.3, -0.25) is 0 Å². The minimum Gasteiger partial charge on any atom is -0.355 e. The molecule has 0 amide bonds. The Labute approximate surface area is 151 Å². The Kier molecular flexibility index (Phi) is 3.25. The van der Waals surface area contributed by atoms with Gasteiger partial charge in [-0.1, -0.05) is 0 Å². The van der Waals surface area contributed by atoms with Gasteiger partial charge in [-0.15, -0.1) is 0 Å². The van der Waals surface area contributed by atoms with Crippen LogP contribution in [0.1, 0.15) is 22.8 Å². The molecule has 0 radical (unpaired) electrons. The molecule has 0 saturated carbocycles. The quantitative estimate of drug-likeness (QED) is 0.652. The van der Waals surface area contributed by atoms with Gasteiger partial charge < -0.3 is 14.1 Å². The third-order valence-corrected chi connectivity index (χ3v) is 5.21. The van der Waals surface area contributed by atoms with Crippen LogP contribution >= 0.6 is 0 Å². The van der Waals surface area contributed by atoms with E-state index in [0.29, 0.717) is 0 Å². The van der Waals surface area contributed by atoms with Crippen LogP contribution in [0.4, 0.5) is 0 Å². The molecule has 5 heterocycles. The van der Waals surface area contributed by atoms with E-state index in [4.69, 9.17) is 4.99 Å². The second-order valence-corrected chi connectivity index (χ2v) is 6.89. The van der Waals surface area contributed by atoms with Crippen molar-refractivity contribution in [1.82, 2.24) is 14.1 Å². The Bertz CT molecular complexity index is 1220. The van der Waals surface area contributed by atoms with Crippen molar-refractivity contribution >= 4 is 23.9 Å². The molecular weight excluding hydrogens is 320 g/mol. The van der Waals surface area contributed by atoms with Gasteiger partial charge in [0, 0.05) is 54.0 Å². The SMILES string of the molecule is Cn1c2ccc1Cc1ccc(n1C)C=c1ccc([nH]1)=CC1=NC(=C2)C=C1. The average molecular weight is 340 g/mol. The molecule has 128 valence electrons. The highest BCUT2D eigenvalue weighted by molar-refractivity contribution is 6.19. The van der Waals surface area contributed by atoms with Crippen LogP contribution in [0.25, 0.3) is 18.2 Å². The predicted molar refractivity (Wildman–Crippen MR) is 106 cm³/mol. The number of aromatic nitrogens is 3. The summed E-state index contributed by atoms with van der Waals surface area (Å²) in [7, 11) is 4.25. The van der Waals surface area contributed by atoms with Crippen molar-refractivity contribution in [2.24, 2.45) is 19.1 Å². The zero-order valence-corrected chi connectivity index (χ0v) is 14.9. The van der Waals surface area contributed by atoms with E-state index in [1.165, 1.54) is 22.8 Å². The lowest BCUT2D eigenvalue weighted by molar-refractivity contribution is 0.787. The van der Waals surface area contributed by atoms with E-state index in [9.17, 15) is 0 Å². The third kappa shape index (κ3) is 2.51. The van der Waals surface area contributed by atoms with E-state index in [1.54, 1.807) is 0 Å². The number of allylic oxidation sites excluding steroid dienone is 2. The molecule has 5 rings (SSSR count). The van der Waals surface area contributed by atoms with Crippen molar-refractivity contribution in [2.75, 3.05) is 0 Å². The van der Waals surface area contributed by atoms with E-state index in [0.717, 1.165) is 28.5 Å². The molecule has 0 fully saturated rings. The van der Waals surface area contributed by atoms with Crippen LogP contribution in [-0.2, 0) is 20.5 Å². The maximum Gasteiger partial charge on any atom is 0.0658 e. The summed E-state index contributed by atoms with van der Waals surface area (Å²) in [4.78, 5) is 8.17. The molecule has 0 spiro atoms. The van der Waals surface area contributed by atoms with Gasteiger partial charge in [0.15, 0.2) is 0 Å². The molecule has 3 aromatic heterocycles. The molecule has 0 aromatic carbocycles. The summed E-state index contributed by atoms with van der Waals surface area (Å²) in [5.74, 6) is 0. The van der Waals surface area contributed by atoms with Crippen LogP contribution in [0.3, 0.4) is 0 Å². The molecule has 4 nitrogen and oxygen atoms in total. The first-order valence-electron chi connectivity index (χ1n) is 8.82. The van der Waals surface area contributed by atoms with Crippen molar-refractivity contribution in [1.29, 1.82) is 0 Å². The second-order valence-electron chi connectivity index (χ2n) is 6.89. The molecule has 2 aliphatic heterocycles. The Morgan fingerprint density at radius 3 is 2.15 bits per heavy atom. The minimum atomic E-state index is 0.901. The third-order valence-electron chi connectivity index (χ3n) is 5.21. The first-order valence-corrected chi connectivity index (χ1v) is 8.82. The summed E-state index contributed by atoms with van der Waals surface area (Å²) in [6, 6.07) is 13.0. The molecule has 0 saturated heterocycles. The van der Waals surface area contributed by atoms with Crippen molar-refractivity contribution in [3.8, 4) is 0 Å². The average Bonchev–Trinajstić information content (AvgIpc) is 3.38. The van der Waals surface area contributed by atoms with Crippen LogP contribution in [0.5, 0.6) is 0 Å². The van der Waals surface area contributed by atoms with E-state index < -0.39 is 0 Å². The lowest BCUT2D eigenvalue weighted by atomic mass is 10.2. The number of H-pyrrole nitrogens is 1. The maximum atomic E-state index is 4.71. The van der Waals surface area contributed by atoms with Crippen LogP contribution in [0.2, 0.25) is 0 Å². The van der Waals surface area contributed by atoms with Crippen LogP contribution in [0.15, 0.2) is 59.2 Å². The summed E-state index contributed by atoms with van der Waals surface area (Å²) >= 11 is 0. The van der Waals surface area contributed by atoms with Gasteiger partial charge in [0.05, 0.1) is 11.4 Å². The standard InChI is InChI=1S/C22H20N4/c1-25-19-7-9-21(25)14-22-10-8-20(26(22)2)13-18-6-4-16(24-18)11-15-3-5-17(12-19)23-15/h3-13,23H,14H2,1-2H3. The molecular formula is C22H20N4. The molecule has 26 heavy (non-hydrogen) atoms. The Balaban J connectivity index is 1.74. The van der Waals surface area contributed by atoms with E-state index in [1.807, 2.05) is 0 Å². The largest absolute Gasteiger partial charge is 0.355 e. The summed E-state index contributed by atoms with van der Waals surface area (Å²) in [5, 5.41) is 2.15. The highest BCUT2D eigenvalue weighted by Gasteiger charge is 2.10. The Morgan fingerprint density at radius 1 is 0.769 bits per heavy atom. The normalized spacial score (nSPS) is 15.3. The van der Waals surface area contributed by atoms with Gasteiger partial charge >= 0.3 is 0 Å². The topological polar surface area (TPSA) is 38.0 Å². The smallest absolute Gasteiger partial charge is 0.0658 e. The number of fused-ring (bicyclic) bond motifs is 7. The van der Waals surface area contributed by atoms with Gasteiger partial charge in [0.2, 0.25) is 0 Å². The van der Waals surface area contributed by atoms with E-state index >= 15 is 0 Å². The highest BCUT2D eigenvalue weighted by Crippen LogP contribution is 2.19. The number of nitrogens with one attached hydrogen (secondary N) is 1. The fourth-order valence-corrected chi connectivity index (χ4v) is 3.60. The monoisotopic (exact) mass is 340 g/mol. The van der Waals surface area contributed by atoms with Gasteiger partial charge in [-0.2, -0.15) is 0 Å². The summed E-state index contributed by atoms with van der Waals surface area (Å²) in [6.07, 6.45) is 11.4. The lowest BCUT2D eigenvalue weighted by Crippen LogP contribution is -2.12. The van der Waals surface area contributed by atoms with Gasteiger partial charge in [0.1, 0.15) is 0 Å². The Hall–Kier alpha value is -3.27. The summed E-state index contributed by atoms with van der Waals surface area (Å²) < 4.78 is 4.51. The van der Waals surface area contributed by atoms with E-state index in [-0.39, 0.29) is 0 Å². The van der Waals surface area contributed by atoms with Crippen LogP contribution in [-0.4, -0.2) is 19.8 Å². The zero-order chi connectivity index (χ0) is 17.7. The highest BCUT2D eigenvalue weighted by atomic mass is 15.0. The molecule has 4 heteroatoms. The molecule has 2 aliphatic rings. The number of hydrogen-bond acceptors (Lipinski definition) is 1. The van der Waals surface area contributed by atoms with Crippen LogP contribution < -0.4 is 10.7 Å². The number of nitrogens with zero attached hydrogens (tertiary/aromatic N) is 3. The number of hydrogen-bond donors (Lipinski definition) is 1. The minimum absolute atomic E-state index is 0.901. The first-order chi connectivity index (χ1) is 12.7. The lowest BCUT2D eigenvalue weighted by Gasteiger charge is -2.08.